The molecular formula is C16H23ClN6O. The van der Waals surface area contributed by atoms with E-state index in [1.165, 1.54) is 0 Å². The van der Waals surface area contributed by atoms with Crippen molar-refractivity contribution in [1.29, 1.82) is 0 Å². The first-order valence-electron chi connectivity index (χ1n) is 8.10. The number of carbonyl (C=O) groups is 1. The summed E-state index contributed by atoms with van der Waals surface area (Å²) >= 11 is 0. The highest BCUT2D eigenvalue weighted by atomic mass is 35.5. The molecule has 1 aromatic carbocycles. The lowest BCUT2D eigenvalue weighted by atomic mass is 9.95. The molecule has 0 aliphatic heterocycles. The van der Waals surface area contributed by atoms with Gasteiger partial charge in [-0.15, -0.1) is 17.5 Å². The van der Waals surface area contributed by atoms with E-state index >= 15 is 0 Å². The first kappa shape index (κ1) is 18.4. The number of nitrogens with two attached hydrogens (primary N) is 1. The van der Waals surface area contributed by atoms with Crippen LogP contribution >= 0.6 is 12.4 Å². The molecule has 3 rings (SSSR count). The maximum absolute atomic E-state index is 12.5. The first-order chi connectivity index (χ1) is 11.2. The van der Waals surface area contributed by atoms with Crippen LogP contribution in [0, 0.1) is 11.8 Å². The number of aromatic nitrogens is 4. The van der Waals surface area contributed by atoms with Gasteiger partial charge in [0.15, 0.2) is 5.82 Å². The second-order valence-electron chi connectivity index (χ2n) is 5.92. The molecule has 0 spiro atoms. The lowest BCUT2D eigenvalue weighted by Crippen LogP contribution is -2.29. The number of amides is 1. The fourth-order valence-electron chi connectivity index (χ4n) is 3.26. The second kappa shape index (κ2) is 8.21. The van der Waals surface area contributed by atoms with Gasteiger partial charge in [0.2, 0.25) is 5.91 Å². The van der Waals surface area contributed by atoms with Crippen LogP contribution in [0.25, 0.3) is 11.4 Å². The molecule has 0 unspecified atom stereocenters. The number of rotatable bonds is 5. The molecule has 130 valence electrons. The van der Waals surface area contributed by atoms with Gasteiger partial charge in [-0.3, -0.25) is 4.79 Å². The van der Waals surface area contributed by atoms with Gasteiger partial charge >= 0.3 is 0 Å². The Morgan fingerprint density at radius 1 is 1.42 bits per heavy atom. The number of tetrazole rings is 1. The van der Waals surface area contributed by atoms with E-state index in [9.17, 15) is 4.79 Å². The van der Waals surface area contributed by atoms with Gasteiger partial charge in [0, 0.05) is 23.7 Å². The number of hydrogen-bond acceptors (Lipinski definition) is 5. The maximum Gasteiger partial charge on any atom is 0.227 e. The minimum Gasteiger partial charge on any atom is -0.330 e. The molecule has 1 aliphatic rings. The van der Waals surface area contributed by atoms with E-state index in [-0.39, 0.29) is 24.2 Å². The van der Waals surface area contributed by atoms with E-state index in [1.54, 1.807) is 4.68 Å². The third-order valence-corrected chi connectivity index (χ3v) is 4.52. The molecule has 8 heteroatoms. The van der Waals surface area contributed by atoms with Gasteiger partial charge in [-0.2, -0.15) is 0 Å². The van der Waals surface area contributed by atoms with E-state index in [4.69, 9.17) is 5.73 Å². The van der Waals surface area contributed by atoms with Crippen molar-refractivity contribution in [2.75, 3.05) is 11.9 Å². The molecule has 0 saturated heterocycles. The average molecular weight is 351 g/mol. The topological polar surface area (TPSA) is 98.7 Å². The zero-order valence-corrected chi connectivity index (χ0v) is 14.5. The largest absolute Gasteiger partial charge is 0.330 e. The van der Waals surface area contributed by atoms with Crippen molar-refractivity contribution in [3.05, 3.63) is 24.3 Å². The van der Waals surface area contributed by atoms with Crippen molar-refractivity contribution < 1.29 is 4.79 Å². The summed E-state index contributed by atoms with van der Waals surface area (Å²) in [6.45, 7) is 3.25. The monoisotopic (exact) mass is 350 g/mol. The van der Waals surface area contributed by atoms with Crippen molar-refractivity contribution >= 4 is 24.0 Å². The van der Waals surface area contributed by atoms with Gasteiger partial charge in [-0.05, 0) is 54.8 Å². The SMILES string of the molecule is CCn1nnnc1-c1cccc(NC(=O)[C@@H]2CCC[C@@H]2CN)c1.Cl. The Morgan fingerprint density at radius 2 is 2.25 bits per heavy atom. The van der Waals surface area contributed by atoms with Crippen LogP contribution in [0.2, 0.25) is 0 Å². The molecule has 1 amide bonds. The number of hydrogen-bond donors (Lipinski definition) is 2. The lowest BCUT2D eigenvalue weighted by molar-refractivity contribution is -0.120. The zero-order valence-electron chi connectivity index (χ0n) is 13.7. The summed E-state index contributed by atoms with van der Waals surface area (Å²) in [5, 5.41) is 14.7. The minimum atomic E-state index is 0. The van der Waals surface area contributed by atoms with E-state index in [0.29, 0.717) is 24.8 Å². The molecule has 1 heterocycles. The van der Waals surface area contributed by atoms with Crippen molar-refractivity contribution in [2.24, 2.45) is 17.6 Å². The van der Waals surface area contributed by atoms with E-state index in [1.807, 2.05) is 31.2 Å². The number of carbonyl (C=O) groups excluding carboxylic acids is 1. The van der Waals surface area contributed by atoms with E-state index < -0.39 is 0 Å². The Morgan fingerprint density at radius 3 is 3.00 bits per heavy atom. The number of nitrogens with one attached hydrogen (secondary N) is 1. The number of benzene rings is 1. The van der Waals surface area contributed by atoms with Gasteiger partial charge in [0.1, 0.15) is 0 Å². The van der Waals surface area contributed by atoms with E-state index in [0.717, 1.165) is 30.5 Å². The normalized spacial score (nSPS) is 19.8. The quantitative estimate of drug-likeness (QED) is 0.860. The summed E-state index contributed by atoms with van der Waals surface area (Å²) in [7, 11) is 0. The second-order valence-corrected chi connectivity index (χ2v) is 5.92. The minimum absolute atomic E-state index is 0. The summed E-state index contributed by atoms with van der Waals surface area (Å²) in [6.07, 6.45) is 3.03. The Kier molecular flexibility index (Phi) is 6.28. The highest BCUT2D eigenvalue weighted by Gasteiger charge is 2.31. The summed E-state index contributed by atoms with van der Waals surface area (Å²) in [4.78, 5) is 12.5. The predicted octanol–water partition coefficient (Wildman–Crippen LogP) is 2.10. The molecule has 7 nitrogen and oxygen atoms in total. The average Bonchev–Trinajstić information content (AvgIpc) is 3.23. The standard InChI is InChI=1S/C16H22N6O.ClH/c1-2-22-15(19-20-21-22)11-5-3-7-13(9-11)18-16(23)14-8-4-6-12(14)10-17;/h3,5,7,9,12,14H,2,4,6,8,10,17H2,1H3,(H,18,23);1H/t12-,14-;/m1./s1. The van der Waals surface area contributed by atoms with Crippen LogP contribution in [0.1, 0.15) is 26.2 Å². The van der Waals surface area contributed by atoms with Gasteiger partial charge in [-0.1, -0.05) is 18.6 Å². The summed E-state index contributed by atoms with van der Waals surface area (Å²) in [5.41, 5.74) is 7.42. The van der Waals surface area contributed by atoms with E-state index in [2.05, 4.69) is 20.8 Å². The Balaban J connectivity index is 0.00000208. The summed E-state index contributed by atoms with van der Waals surface area (Å²) in [6, 6.07) is 7.62. The molecule has 3 N–H and O–H groups in total. The van der Waals surface area contributed by atoms with Crippen LogP contribution in [-0.2, 0) is 11.3 Å². The molecule has 0 radical (unpaired) electrons. The van der Waals surface area contributed by atoms with Crippen molar-refractivity contribution in [3.8, 4) is 11.4 Å². The van der Waals surface area contributed by atoms with Crippen molar-refractivity contribution in [2.45, 2.75) is 32.7 Å². The third kappa shape index (κ3) is 3.73. The number of anilines is 1. The maximum atomic E-state index is 12.5. The van der Waals surface area contributed by atoms with Gasteiger partial charge < -0.3 is 11.1 Å². The molecule has 1 saturated carbocycles. The van der Waals surface area contributed by atoms with Crippen LogP contribution in [0.3, 0.4) is 0 Å². The number of halogens is 1. The molecule has 2 atom stereocenters. The van der Waals surface area contributed by atoms with Gasteiger partial charge in [-0.25, -0.2) is 4.68 Å². The third-order valence-electron chi connectivity index (χ3n) is 4.52. The Bertz CT molecular complexity index is 689. The molecule has 1 aliphatic carbocycles. The molecule has 2 aromatic rings. The molecular weight excluding hydrogens is 328 g/mol. The summed E-state index contributed by atoms with van der Waals surface area (Å²) < 4.78 is 1.72. The first-order valence-corrected chi connectivity index (χ1v) is 8.10. The lowest BCUT2D eigenvalue weighted by Gasteiger charge is -2.17. The highest BCUT2D eigenvalue weighted by molar-refractivity contribution is 5.93. The van der Waals surface area contributed by atoms with Crippen molar-refractivity contribution in [3.63, 3.8) is 0 Å². The highest BCUT2D eigenvalue weighted by Crippen LogP contribution is 2.32. The Labute approximate surface area is 147 Å². The molecule has 0 bridgehead atoms. The van der Waals surface area contributed by atoms with Gasteiger partial charge in [0.25, 0.3) is 0 Å². The zero-order chi connectivity index (χ0) is 16.2. The van der Waals surface area contributed by atoms with Crippen LogP contribution < -0.4 is 11.1 Å². The fourth-order valence-corrected chi connectivity index (χ4v) is 3.26. The summed E-state index contributed by atoms with van der Waals surface area (Å²) in [5.74, 6) is 1.07. The van der Waals surface area contributed by atoms with Crippen LogP contribution in [0.4, 0.5) is 5.69 Å². The van der Waals surface area contributed by atoms with Crippen LogP contribution in [0.15, 0.2) is 24.3 Å². The molecule has 24 heavy (non-hydrogen) atoms. The number of aryl methyl sites for hydroxylation is 1. The fraction of sp³-hybridized carbons (Fsp3) is 0.500. The van der Waals surface area contributed by atoms with Crippen LogP contribution in [0.5, 0.6) is 0 Å². The van der Waals surface area contributed by atoms with Crippen LogP contribution in [-0.4, -0.2) is 32.7 Å². The number of nitrogens with zero attached hydrogens (tertiary/aromatic N) is 4. The Hall–Kier alpha value is -1.99. The van der Waals surface area contributed by atoms with Crippen molar-refractivity contribution in [1.82, 2.24) is 20.2 Å². The molecule has 1 aromatic heterocycles. The molecule has 1 fully saturated rings. The predicted molar refractivity (Wildman–Crippen MR) is 94.7 cm³/mol. The van der Waals surface area contributed by atoms with Gasteiger partial charge in [0.05, 0.1) is 0 Å². The smallest absolute Gasteiger partial charge is 0.227 e.